The summed E-state index contributed by atoms with van der Waals surface area (Å²) in [5.74, 6) is 1.44. The van der Waals surface area contributed by atoms with Crippen molar-refractivity contribution >= 4 is 22.4 Å². The van der Waals surface area contributed by atoms with Crippen molar-refractivity contribution in [1.29, 1.82) is 0 Å². The Balaban J connectivity index is 2.63. The molecule has 2 heteroatoms. The predicted molar refractivity (Wildman–Crippen MR) is 64.7 cm³/mol. The van der Waals surface area contributed by atoms with Crippen LogP contribution in [0.1, 0.15) is 12.5 Å². The fourth-order valence-electron chi connectivity index (χ4n) is 1.69. The van der Waals surface area contributed by atoms with Gasteiger partial charge in [-0.3, -0.25) is 0 Å². The molecule has 0 saturated heterocycles. The second kappa shape index (κ2) is 4.54. The van der Waals surface area contributed by atoms with Crippen LogP contribution in [0.15, 0.2) is 36.4 Å². The van der Waals surface area contributed by atoms with E-state index >= 15 is 0 Å². The standard InChI is InChI=1S/C13H13ClO/c1-2-15-13-8-10(9-14)7-11-5-3-4-6-12(11)13/h3-8H,2,9H2,1H3. The van der Waals surface area contributed by atoms with E-state index in [2.05, 4.69) is 18.2 Å². The molecule has 78 valence electrons. The number of fused-ring (bicyclic) bond motifs is 1. The van der Waals surface area contributed by atoms with E-state index in [-0.39, 0.29) is 0 Å². The summed E-state index contributed by atoms with van der Waals surface area (Å²) in [4.78, 5) is 0. The molecule has 0 N–H and O–H groups in total. The molecule has 1 nitrogen and oxygen atoms in total. The van der Waals surface area contributed by atoms with E-state index in [1.54, 1.807) is 0 Å². The van der Waals surface area contributed by atoms with Gasteiger partial charge in [-0.2, -0.15) is 0 Å². The van der Waals surface area contributed by atoms with Crippen LogP contribution >= 0.6 is 11.6 Å². The first-order valence-corrected chi connectivity index (χ1v) is 5.59. The number of halogens is 1. The molecule has 2 rings (SSSR count). The van der Waals surface area contributed by atoms with E-state index in [0.29, 0.717) is 12.5 Å². The fraction of sp³-hybridized carbons (Fsp3) is 0.231. The maximum Gasteiger partial charge on any atom is 0.127 e. The lowest BCUT2D eigenvalue weighted by Crippen LogP contribution is -1.93. The van der Waals surface area contributed by atoms with E-state index in [9.17, 15) is 0 Å². The molecule has 2 aromatic carbocycles. The fourth-order valence-corrected chi connectivity index (χ4v) is 1.84. The molecule has 0 aliphatic heterocycles. The minimum atomic E-state index is 0.519. The topological polar surface area (TPSA) is 9.23 Å². The number of alkyl halides is 1. The predicted octanol–water partition coefficient (Wildman–Crippen LogP) is 3.98. The molecule has 0 saturated carbocycles. The Morgan fingerprint density at radius 1 is 1.20 bits per heavy atom. The van der Waals surface area contributed by atoms with E-state index < -0.39 is 0 Å². The van der Waals surface area contributed by atoms with Crippen molar-refractivity contribution in [3.05, 3.63) is 42.0 Å². The van der Waals surface area contributed by atoms with E-state index in [1.165, 1.54) is 5.39 Å². The van der Waals surface area contributed by atoms with Crippen molar-refractivity contribution in [2.75, 3.05) is 6.61 Å². The van der Waals surface area contributed by atoms with Crippen LogP contribution in [0.5, 0.6) is 5.75 Å². The maximum absolute atomic E-state index is 5.84. The summed E-state index contributed by atoms with van der Waals surface area (Å²) in [6.45, 7) is 2.66. The quantitative estimate of drug-likeness (QED) is 0.711. The molecule has 2 aromatic rings. The highest BCUT2D eigenvalue weighted by Crippen LogP contribution is 2.28. The maximum atomic E-state index is 5.84. The molecular formula is C13H13ClO. The zero-order chi connectivity index (χ0) is 10.7. The largest absolute Gasteiger partial charge is 0.493 e. The SMILES string of the molecule is CCOc1cc(CCl)cc2ccccc12. The summed E-state index contributed by atoms with van der Waals surface area (Å²) >= 11 is 5.84. The Labute approximate surface area is 94.6 Å². The molecule has 0 amide bonds. The molecule has 0 bridgehead atoms. The van der Waals surface area contributed by atoms with Crippen LogP contribution in [0.4, 0.5) is 0 Å². The molecule has 15 heavy (non-hydrogen) atoms. The van der Waals surface area contributed by atoms with Gasteiger partial charge in [0, 0.05) is 11.3 Å². The number of rotatable bonds is 3. The number of hydrogen-bond donors (Lipinski definition) is 0. The van der Waals surface area contributed by atoms with Crippen molar-refractivity contribution < 1.29 is 4.74 Å². The Morgan fingerprint density at radius 2 is 2.00 bits per heavy atom. The monoisotopic (exact) mass is 220 g/mol. The third-order valence-electron chi connectivity index (χ3n) is 2.34. The van der Waals surface area contributed by atoms with Gasteiger partial charge in [-0.25, -0.2) is 0 Å². The molecule has 0 aliphatic carbocycles. The molecule has 0 fully saturated rings. The van der Waals surface area contributed by atoms with Crippen LogP contribution < -0.4 is 4.74 Å². The lowest BCUT2D eigenvalue weighted by Gasteiger charge is -2.09. The Morgan fingerprint density at radius 3 is 2.73 bits per heavy atom. The second-order valence-electron chi connectivity index (χ2n) is 3.38. The van der Waals surface area contributed by atoms with Gasteiger partial charge >= 0.3 is 0 Å². The molecule has 0 aliphatic rings. The normalized spacial score (nSPS) is 10.5. The number of benzene rings is 2. The second-order valence-corrected chi connectivity index (χ2v) is 3.65. The Kier molecular flexibility index (Phi) is 3.12. The third-order valence-corrected chi connectivity index (χ3v) is 2.65. The Bertz CT molecular complexity index is 465. The molecule has 0 spiro atoms. The first kappa shape index (κ1) is 10.3. The van der Waals surface area contributed by atoms with Gasteiger partial charge in [0.15, 0.2) is 0 Å². The zero-order valence-corrected chi connectivity index (χ0v) is 9.42. The van der Waals surface area contributed by atoms with E-state index in [4.69, 9.17) is 16.3 Å². The van der Waals surface area contributed by atoms with Gasteiger partial charge in [-0.05, 0) is 30.0 Å². The van der Waals surface area contributed by atoms with Crippen molar-refractivity contribution in [2.24, 2.45) is 0 Å². The highest BCUT2D eigenvalue weighted by Gasteiger charge is 2.03. The third kappa shape index (κ3) is 2.07. The summed E-state index contributed by atoms with van der Waals surface area (Å²) in [7, 11) is 0. The van der Waals surface area contributed by atoms with Gasteiger partial charge in [0.1, 0.15) is 5.75 Å². The van der Waals surface area contributed by atoms with Gasteiger partial charge in [-0.1, -0.05) is 24.3 Å². The number of ether oxygens (including phenoxy) is 1. The zero-order valence-electron chi connectivity index (χ0n) is 8.66. The van der Waals surface area contributed by atoms with Gasteiger partial charge < -0.3 is 4.74 Å². The van der Waals surface area contributed by atoms with Crippen molar-refractivity contribution in [3.63, 3.8) is 0 Å². The molecule has 0 aromatic heterocycles. The van der Waals surface area contributed by atoms with Crippen molar-refractivity contribution in [2.45, 2.75) is 12.8 Å². The summed E-state index contributed by atoms with van der Waals surface area (Å²) in [5.41, 5.74) is 1.10. The first-order chi connectivity index (χ1) is 7.35. The van der Waals surface area contributed by atoms with Gasteiger partial charge in [0.2, 0.25) is 0 Å². The highest BCUT2D eigenvalue weighted by atomic mass is 35.5. The average Bonchev–Trinajstić information content (AvgIpc) is 2.29. The summed E-state index contributed by atoms with van der Waals surface area (Å²) in [6.07, 6.45) is 0. The molecule has 0 heterocycles. The van der Waals surface area contributed by atoms with Crippen LogP contribution in [0.3, 0.4) is 0 Å². The van der Waals surface area contributed by atoms with Crippen LogP contribution in [-0.2, 0) is 5.88 Å². The smallest absolute Gasteiger partial charge is 0.127 e. The van der Waals surface area contributed by atoms with Crippen molar-refractivity contribution in [1.82, 2.24) is 0 Å². The lowest BCUT2D eigenvalue weighted by atomic mass is 10.1. The first-order valence-electron chi connectivity index (χ1n) is 5.05. The summed E-state index contributed by atoms with van der Waals surface area (Å²) in [5, 5.41) is 2.33. The molecule has 0 unspecified atom stereocenters. The summed E-state index contributed by atoms with van der Waals surface area (Å²) < 4.78 is 5.60. The number of hydrogen-bond acceptors (Lipinski definition) is 1. The minimum absolute atomic E-state index is 0.519. The van der Waals surface area contributed by atoms with Crippen molar-refractivity contribution in [3.8, 4) is 5.75 Å². The summed E-state index contributed by atoms with van der Waals surface area (Å²) in [6, 6.07) is 12.3. The minimum Gasteiger partial charge on any atom is -0.493 e. The van der Waals surface area contributed by atoms with Crippen LogP contribution in [0.2, 0.25) is 0 Å². The molecule has 0 atom stereocenters. The molecule has 0 radical (unpaired) electrons. The van der Waals surface area contributed by atoms with Crippen LogP contribution in [0, 0.1) is 0 Å². The van der Waals surface area contributed by atoms with Gasteiger partial charge in [0.05, 0.1) is 6.61 Å². The van der Waals surface area contributed by atoms with E-state index in [1.807, 2.05) is 25.1 Å². The van der Waals surface area contributed by atoms with Gasteiger partial charge in [0.25, 0.3) is 0 Å². The van der Waals surface area contributed by atoms with Crippen LogP contribution in [0.25, 0.3) is 10.8 Å². The lowest BCUT2D eigenvalue weighted by molar-refractivity contribution is 0.344. The van der Waals surface area contributed by atoms with E-state index in [0.717, 1.165) is 16.7 Å². The van der Waals surface area contributed by atoms with Gasteiger partial charge in [-0.15, -0.1) is 11.6 Å². The molecular weight excluding hydrogens is 208 g/mol. The Hall–Kier alpha value is -1.21. The highest BCUT2D eigenvalue weighted by molar-refractivity contribution is 6.17. The van der Waals surface area contributed by atoms with Crippen LogP contribution in [-0.4, -0.2) is 6.61 Å². The average molecular weight is 221 g/mol.